The predicted octanol–water partition coefficient (Wildman–Crippen LogP) is 3.63. The minimum absolute atomic E-state index is 0.0721. The van der Waals surface area contributed by atoms with E-state index in [1.54, 1.807) is 0 Å². The van der Waals surface area contributed by atoms with Gasteiger partial charge in [-0.2, -0.15) is 4.31 Å². The standard InChI is InChI=1S/C21H20ClN3O5S/c1-29-21(26)15-9-11-25(12-10-15)31(27,28)16-7-8-18(22)17(13-16)20-24-23-19(30-20)14-5-3-2-4-6-14/h2-8,13,15H,9-12H2,1H3. The fraction of sp³-hybridized carbons (Fsp3) is 0.286. The molecule has 1 aliphatic rings. The summed E-state index contributed by atoms with van der Waals surface area (Å²) >= 11 is 6.30. The summed E-state index contributed by atoms with van der Waals surface area (Å²) in [5.74, 6) is -0.154. The van der Waals surface area contributed by atoms with Crippen molar-refractivity contribution < 1.29 is 22.4 Å². The number of aromatic nitrogens is 2. The van der Waals surface area contributed by atoms with Crippen LogP contribution < -0.4 is 0 Å². The summed E-state index contributed by atoms with van der Waals surface area (Å²) in [6.45, 7) is 0.470. The van der Waals surface area contributed by atoms with Crippen LogP contribution in [-0.2, 0) is 19.6 Å². The topological polar surface area (TPSA) is 103 Å². The number of benzene rings is 2. The lowest BCUT2D eigenvalue weighted by atomic mass is 9.99. The Morgan fingerprint density at radius 2 is 1.77 bits per heavy atom. The van der Waals surface area contributed by atoms with Gasteiger partial charge in [-0.05, 0) is 43.2 Å². The highest BCUT2D eigenvalue weighted by Crippen LogP contribution is 2.33. The largest absolute Gasteiger partial charge is 0.469 e. The maximum absolute atomic E-state index is 13.2. The van der Waals surface area contributed by atoms with Gasteiger partial charge in [0.05, 0.1) is 28.5 Å². The van der Waals surface area contributed by atoms with E-state index in [0.29, 0.717) is 29.3 Å². The van der Waals surface area contributed by atoms with Gasteiger partial charge < -0.3 is 9.15 Å². The molecule has 1 aromatic heterocycles. The number of carbonyl (C=O) groups excluding carboxylic acids is 1. The number of methoxy groups -OCH3 is 1. The van der Waals surface area contributed by atoms with E-state index in [9.17, 15) is 13.2 Å². The molecule has 2 heterocycles. The molecular weight excluding hydrogens is 442 g/mol. The van der Waals surface area contributed by atoms with Gasteiger partial charge in [0.1, 0.15) is 0 Å². The molecule has 0 saturated carbocycles. The zero-order valence-corrected chi connectivity index (χ0v) is 18.3. The second kappa shape index (κ2) is 8.78. The Hall–Kier alpha value is -2.75. The fourth-order valence-electron chi connectivity index (χ4n) is 3.51. The number of nitrogens with zero attached hydrogens (tertiary/aromatic N) is 3. The number of sulfonamides is 1. The lowest BCUT2D eigenvalue weighted by Crippen LogP contribution is -2.40. The summed E-state index contributed by atoms with van der Waals surface area (Å²) in [4.78, 5) is 11.8. The number of hydrogen-bond acceptors (Lipinski definition) is 7. The second-order valence-electron chi connectivity index (χ2n) is 7.12. The van der Waals surface area contributed by atoms with Crippen molar-refractivity contribution in [3.05, 3.63) is 53.6 Å². The molecule has 8 nitrogen and oxygen atoms in total. The quantitative estimate of drug-likeness (QED) is 0.534. The van der Waals surface area contributed by atoms with Crippen LogP contribution >= 0.6 is 11.6 Å². The SMILES string of the molecule is COC(=O)C1CCN(S(=O)(=O)c2ccc(Cl)c(-c3nnc(-c4ccccc4)o3)c2)CC1. The van der Waals surface area contributed by atoms with E-state index in [1.165, 1.54) is 29.6 Å². The Kier molecular flexibility index (Phi) is 6.08. The number of carbonyl (C=O) groups is 1. The van der Waals surface area contributed by atoms with Crippen LogP contribution in [0.3, 0.4) is 0 Å². The molecule has 1 fully saturated rings. The van der Waals surface area contributed by atoms with Crippen molar-refractivity contribution in [1.82, 2.24) is 14.5 Å². The summed E-state index contributed by atoms with van der Waals surface area (Å²) in [6.07, 6.45) is 0.826. The molecule has 162 valence electrons. The normalized spacial score (nSPS) is 15.7. The summed E-state index contributed by atoms with van der Waals surface area (Å²) in [5.41, 5.74) is 1.08. The first kappa shape index (κ1) is 21.5. The van der Waals surface area contributed by atoms with Crippen LogP contribution in [0.5, 0.6) is 0 Å². The molecule has 0 spiro atoms. The lowest BCUT2D eigenvalue weighted by Gasteiger charge is -2.29. The van der Waals surface area contributed by atoms with Gasteiger partial charge in [0, 0.05) is 18.7 Å². The average molecular weight is 462 g/mol. The molecule has 0 radical (unpaired) electrons. The smallest absolute Gasteiger partial charge is 0.308 e. The Balaban J connectivity index is 1.60. The van der Waals surface area contributed by atoms with Crippen molar-refractivity contribution in [3.8, 4) is 22.9 Å². The second-order valence-corrected chi connectivity index (χ2v) is 9.47. The molecule has 0 aliphatic carbocycles. The number of hydrogen-bond donors (Lipinski definition) is 0. The third-order valence-electron chi connectivity index (χ3n) is 5.24. The monoisotopic (exact) mass is 461 g/mol. The van der Waals surface area contributed by atoms with Crippen molar-refractivity contribution in [2.24, 2.45) is 5.92 Å². The molecule has 3 aromatic rings. The third kappa shape index (κ3) is 4.34. The van der Waals surface area contributed by atoms with Crippen LogP contribution in [-0.4, -0.2) is 49.1 Å². The van der Waals surface area contributed by atoms with E-state index >= 15 is 0 Å². The molecule has 1 aliphatic heterocycles. The molecular formula is C21H20ClN3O5S. The van der Waals surface area contributed by atoms with Crippen LogP contribution in [0.1, 0.15) is 12.8 Å². The van der Waals surface area contributed by atoms with Gasteiger partial charge in [0.25, 0.3) is 0 Å². The highest BCUT2D eigenvalue weighted by molar-refractivity contribution is 7.89. The number of rotatable bonds is 5. The molecule has 0 N–H and O–H groups in total. The summed E-state index contributed by atoms with van der Waals surface area (Å²) in [6, 6.07) is 13.6. The lowest BCUT2D eigenvalue weighted by molar-refractivity contribution is -0.146. The van der Waals surface area contributed by atoms with E-state index in [4.69, 9.17) is 20.8 Å². The molecule has 10 heteroatoms. The van der Waals surface area contributed by atoms with Gasteiger partial charge >= 0.3 is 5.97 Å². The highest BCUT2D eigenvalue weighted by Gasteiger charge is 2.33. The van der Waals surface area contributed by atoms with Crippen LogP contribution in [0.2, 0.25) is 5.02 Å². The minimum Gasteiger partial charge on any atom is -0.469 e. The Morgan fingerprint density at radius 1 is 1.10 bits per heavy atom. The van der Waals surface area contributed by atoms with Crippen molar-refractivity contribution in [2.45, 2.75) is 17.7 Å². The summed E-state index contributed by atoms with van der Waals surface area (Å²) < 4.78 is 38.2. The Bertz CT molecular complexity index is 1190. The van der Waals surface area contributed by atoms with E-state index in [1.807, 2.05) is 30.3 Å². The minimum atomic E-state index is -3.78. The van der Waals surface area contributed by atoms with Crippen LogP contribution in [0.25, 0.3) is 22.9 Å². The molecule has 0 atom stereocenters. The molecule has 1 saturated heterocycles. The van der Waals surface area contributed by atoms with E-state index in [-0.39, 0.29) is 35.8 Å². The van der Waals surface area contributed by atoms with Gasteiger partial charge in [-0.25, -0.2) is 8.42 Å². The zero-order valence-electron chi connectivity index (χ0n) is 16.7. The van der Waals surface area contributed by atoms with E-state index in [2.05, 4.69) is 10.2 Å². The Labute approximate surface area is 184 Å². The number of halogens is 1. The van der Waals surface area contributed by atoms with Gasteiger partial charge in [-0.3, -0.25) is 4.79 Å². The number of esters is 1. The molecule has 31 heavy (non-hydrogen) atoms. The van der Waals surface area contributed by atoms with Gasteiger partial charge in [-0.1, -0.05) is 29.8 Å². The molecule has 4 rings (SSSR count). The van der Waals surface area contributed by atoms with Crippen molar-refractivity contribution >= 4 is 27.6 Å². The van der Waals surface area contributed by atoms with E-state index in [0.717, 1.165) is 5.56 Å². The van der Waals surface area contributed by atoms with E-state index < -0.39 is 10.0 Å². The van der Waals surface area contributed by atoms with Gasteiger partial charge in [0.15, 0.2) is 0 Å². The fourth-order valence-corrected chi connectivity index (χ4v) is 5.20. The van der Waals surface area contributed by atoms with Gasteiger partial charge in [0.2, 0.25) is 21.8 Å². The third-order valence-corrected chi connectivity index (χ3v) is 7.46. The maximum Gasteiger partial charge on any atom is 0.308 e. The molecule has 0 unspecified atom stereocenters. The van der Waals surface area contributed by atoms with Gasteiger partial charge in [-0.15, -0.1) is 10.2 Å². The highest BCUT2D eigenvalue weighted by atomic mass is 35.5. The first-order chi connectivity index (χ1) is 14.9. The maximum atomic E-state index is 13.2. The zero-order chi connectivity index (χ0) is 22.0. The van der Waals surface area contributed by atoms with Crippen LogP contribution in [0.4, 0.5) is 0 Å². The molecule has 0 amide bonds. The van der Waals surface area contributed by atoms with Crippen LogP contribution in [0.15, 0.2) is 57.8 Å². The van der Waals surface area contributed by atoms with Crippen molar-refractivity contribution in [3.63, 3.8) is 0 Å². The first-order valence-corrected chi connectivity index (χ1v) is 11.5. The molecule has 2 aromatic carbocycles. The molecule has 0 bridgehead atoms. The number of ether oxygens (including phenoxy) is 1. The average Bonchev–Trinajstić information content (AvgIpc) is 3.29. The van der Waals surface area contributed by atoms with Crippen LogP contribution in [0, 0.1) is 5.92 Å². The predicted molar refractivity (Wildman–Crippen MR) is 114 cm³/mol. The Morgan fingerprint density at radius 3 is 2.45 bits per heavy atom. The number of piperidine rings is 1. The summed E-state index contributed by atoms with van der Waals surface area (Å²) in [7, 11) is -2.44. The van der Waals surface area contributed by atoms with Crippen molar-refractivity contribution in [1.29, 1.82) is 0 Å². The van der Waals surface area contributed by atoms with Crippen molar-refractivity contribution in [2.75, 3.05) is 20.2 Å². The first-order valence-electron chi connectivity index (χ1n) is 9.67. The summed E-state index contributed by atoms with van der Waals surface area (Å²) in [5, 5.41) is 8.37.